The van der Waals surface area contributed by atoms with Crippen LogP contribution in [0.1, 0.15) is 199 Å². The highest BCUT2D eigenvalue weighted by Crippen LogP contribution is 2.60. The molecule has 0 radical (unpaired) electrons. The Hall–Kier alpha value is -8.48. The van der Waals surface area contributed by atoms with Crippen LogP contribution in [-0.2, 0) is 77.4 Å². The van der Waals surface area contributed by atoms with Gasteiger partial charge in [-0.3, -0.25) is 47.8 Å². The lowest BCUT2D eigenvalue weighted by atomic mass is 9.82. The molecule has 10 aliphatic rings. The molecular weight excluding hydrogens is 1580 g/mol. The Bertz CT molecular complexity index is 4550. The van der Waals surface area contributed by atoms with Gasteiger partial charge in [0.1, 0.15) is 46.5 Å². The number of nitrogens with zero attached hydrogens (tertiary/aromatic N) is 6. The van der Waals surface area contributed by atoms with Gasteiger partial charge in [-0.15, -0.1) is 0 Å². The van der Waals surface area contributed by atoms with Gasteiger partial charge in [-0.1, -0.05) is 52.0 Å². The lowest BCUT2D eigenvalue weighted by Gasteiger charge is -2.32. The van der Waals surface area contributed by atoms with Gasteiger partial charge in [-0.2, -0.15) is 9.97 Å². The number of hydrogen-bond donors (Lipinski definition) is 2. The van der Waals surface area contributed by atoms with E-state index < -0.39 is 111 Å². The van der Waals surface area contributed by atoms with Crippen LogP contribution < -0.4 is 38.2 Å². The molecule has 0 spiro atoms. The highest BCUT2D eigenvalue weighted by molar-refractivity contribution is 7.92. The molecule has 2 aromatic heterocycles. The van der Waals surface area contributed by atoms with Crippen LogP contribution in [0, 0.1) is 58.2 Å². The molecule has 2 aromatic carbocycles. The number of rotatable bonds is 18. The molecule has 28 nitrogen and oxygen atoms in total. The van der Waals surface area contributed by atoms with Gasteiger partial charge in [0.15, 0.2) is 11.6 Å². The number of ketones is 2. The second-order valence-electron chi connectivity index (χ2n) is 38.3. The summed E-state index contributed by atoms with van der Waals surface area (Å²) in [6.07, 6.45) is 12.9. The molecule has 14 rings (SSSR count). The summed E-state index contributed by atoms with van der Waals surface area (Å²) in [5.41, 5.74) is -4.08. The van der Waals surface area contributed by atoms with Gasteiger partial charge in [0.25, 0.3) is 0 Å². The standard InChI is InChI=1S/2C45H62N4O10S/c2*1-28-10-8-9-11-31-25-45(31,42(53)47-60(54,55)44(6)14-15-44)26-37(50)36-23-33(27-49(36)41(52)35(29(2)20-28)24-39(51)59-43(3,4)5)58-40-34-13-12-32(56-7)21-30(34)22-38(46-40)48-16-18-57-19-17-48/h2*9,11-13,21-22,28-29,31,33,35-36H,8,10,14-20,23-27H2,1-7H3,(H,47,53)/b2*11-9-/t28-,29+,31+,33+,35-,36-,45+;28-,29-,31-,33-,35+,36+,45-/m01/s1. The van der Waals surface area contributed by atoms with Crippen LogP contribution >= 0.6 is 0 Å². The molecule has 14 atom stereocenters. The fraction of sp³-hybridized carbons (Fsp3) is 0.667. The Morgan fingerprint density at radius 3 is 1.24 bits per heavy atom. The zero-order valence-corrected chi connectivity index (χ0v) is 74.0. The van der Waals surface area contributed by atoms with Crippen molar-refractivity contribution >= 4 is 100 Å². The number of carbonyl (C=O) groups is 8. The summed E-state index contributed by atoms with van der Waals surface area (Å²) >= 11 is 0. The Morgan fingerprint density at radius 1 is 0.533 bits per heavy atom. The second-order valence-corrected chi connectivity index (χ2v) is 42.7. The zero-order chi connectivity index (χ0) is 86.4. The van der Waals surface area contributed by atoms with E-state index in [1.807, 2.05) is 86.7 Å². The van der Waals surface area contributed by atoms with E-state index in [0.29, 0.717) is 152 Å². The zero-order valence-electron chi connectivity index (χ0n) is 72.3. The lowest BCUT2D eigenvalue weighted by Crippen LogP contribution is -2.48. The highest BCUT2D eigenvalue weighted by Gasteiger charge is 2.65. The second kappa shape index (κ2) is 35.4. The molecule has 4 aromatic rings. The summed E-state index contributed by atoms with van der Waals surface area (Å²) < 4.78 is 103. The van der Waals surface area contributed by atoms with E-state index in [2.05, 4.69) is 33.1 Å². The minimum atomic E-state index is -3.97. The van der Waals surface area contributed by atoms with Gasteiger partial charge in [-0.25, -0.2) is 16.8 Å². The molecule has 4 amide bonds. The van der Waals surface area contributed by atoms with E-state index in [9.17, 15) is 45.6 Å². The van der Waals surface area contributed by atoms with Gasteiger partial charge in [-0.05, 0) is 227 Å². The monoisotopic (exact) mass is 1700 g/mol. The maximum absolute atomic E-state index is 15.1. The van der Waals surface area contributed by atoms with Gasteiger partial charge < -0.3 is 57.5 Å². The third kappa shape index (κ3) is 20.4. The Morgan fingerprint density at radius 2 is 0.900 bits per heavy atom. The predicted molar refractivity (Wildman–Crippen MR) is 452 cm³/mol. The van der Waals surface area contributed by atoms with Gasteiger partial charge >= 0.3 is 11.9 Å². The number of morpholine rings is 2. The Balaban J connectivity index is 0.000000207. The number of amides is 4. The first-order valence-corrected chi connectivity index (χ1v) is 46.1. The van der Waals surface area contributed by atoms with Crippen LogP contribution in [0.3, 0.4) is 0 Å². The maximum Gasteiger partial charge on any atom is 0.307 e. The largest absolute Gasteiger partial charge is 0.497 e. The predicted octanol–water partition coefficient (Wildman–Crippen LogP) is 11.5. The number of nitrogens with one attached hydrogen (secondary N) is 2. The third-order valence-corrected chi connectivity index (χ3v) is 30.7. The molecule has 8 fully saturated rings. The SMILES string of the molecule is COc1ccc2c(O[C@@H]3C[C@H]4C(=O)C[C@]5(C(=O)NS(=O)(=O)C6(C)CC6)C[C@H]5/C=C\CC[C@@H](C)C[C@@H](C)[C@H](CC(=O)OC(C)(C)C)C(=O)N4C3)nc(N3CCOCC3)cc2c1.COc1ccc2c(O[C@@H]3C[C@H]4C(=O)C[C@]5(C(=O)NS(=O)(=O)C6(C)CC6)C[C@H]5/C=C\CC[C@H](C)C[C@@H](C)[C@H](CC(=O)OC(C)(C)C)C(=O)N4C3)nc(N3CCOCC3)cc2c1. The van der Waals surface area contributed by atoms with Crippen molar-refractivity contribution in [3.8, 4) is 23.3 Å². The van der Waals surface area contributed by atoms with Crippen molar-refractivity contribution in [3.05, 3.63) is 72.8 Å². The lowest BCUT2D eigenvalue weighted by molar-refractivity contribution is -0.160. The van der Waals surface area contributed by atoms with Crippen LogP contribution in [-0.4, -0.2) is 209 Å². The van der Waals surface area contributed by atoms with E-state index in [1.165, 1.54) is 0 Å². The molecule has 656 valence electrons. The molecule has 4 saturated carbocycles. The minimum Gasteiger partial charge on any atom is -0.497 e. The molecule has 0 unspecified atom stereocenters. The van der Waals surface area contributed by atoms with Gasteiger partial charge in [0, 0.05) is 62.6 Å². The number of methoxy groups -OCH3 is 2. The number of hydrogen-bond acceptors (Lipinski definition) is 24. The summed E-state index contributed by atoms with van der Waals surface area (Å²) in [5.74, 6) is -2.64. The fourth-order valence-corrected chi connectivity index (χ4v) is 21.0. The molecule has 4 aliphatic carbocycles. The molecule has 6 aliphatic heterocycles. The number of aromatic nitrogens is 2. The van der Waals surface area contributed by atoms with Crippen molar-refractivity contribution in [1.29, 1.82) is 0 Å². The quantitative estimate of drug-likeness (QED) is 0.0690. The smallest absolute Gasteiger partial charge is 0.307 e. The Labute approximate surface area is 706 Å². The molecule has 8 heterocycles. The first-order valence-electron chi connectivity index (χ1n) is 43.2. The average molecular weight is 1700 g/mol. The summed E-state index contributed by atoms with van der Waals surface area (Å²) in [4.78, 5) is 132. The van der Waals surface area contributed by atoms with Crippen LogP contribution in [0.15, 0.2) is 72.8 Å². The number of anilines is 2. The molecule has 4 saturated heterocycles. The molecule has 2 N–H and O–H groups in total. The molecule has 30 heteroatoms. The molecular formula is C90H124N8O20S2. The Kier molecular flexibility index (Phi) is 26.3. The molecule has 0 bridgehead atoms. The van der Waals surface area contributed by atoms with Crippen LogP contribution in [0.5, 0.6) is 23.3 Å². The fourth-order valence-electron chi connectivity index (χ4n) is 18.3. The highest BCUT2D eigenvalue weighted by atomic mass is 32.2. The van der Waals surface area contributed by atoms with Crippen LogP contribution in [0.2, 0.25) is 0 Å². The maximum atomic E-state index is 15.1. The van der Waals surface area contributed by atoms with Crippen LogP contribution in [0.4, 0.5) is 11.6 Å². The number of esters is 2. The van der Waals surface area contributed by atoms with E-state index >= 15 is 9.59 Å². The summed E-state index contributed by atoms with van der Waals surface area (Å²) in [7, 11) is -4.73. The summed E-state index contributed by atoms with van der Waals surface area (Å²) in [5, 5.41) is 3.15. The van der Waals surface area contributed by atoms with Crippen molar-refractivity contribution in [2.75, 3.05) is 89.7 Å². The molecule has 120 heavy (non-hydrogen) atoms. The van der Waals surface area contributed by atoms with E-state index in [4.69, 9.17) is 47.9 Å². The number of Topliss-reactive ketones (excluding diaryl/α,β-unsaturated/α-hetero) is 2. The van der Waals surface area contributed by atoms with Crippen molar-refractivity contribution < 1.29 is 93.1 Å². The number of pyridine rings is 2. The van der Waals surface area contributed by atoms with Crippen molar-refractivity contribution in [2.45, 2.75) is 244 Å². The number of carbonyl (C=O) groups excluding carboxylic acids is 8. The van der Waals surface area contributed by atoms with Crippen molar-refractivity contribution in [3.63, 3.8) is 0 Å². The van der Waals surface area contributed by atoms with Crippen LogP contribution in [0.25, 0.3) is 21.5 Å². The van der Waals surface area contributed by atoms with Crippen molar-refractivity contribution in [1.82, 2.24) is 29.2 Å². The average Bonchev–Trinajstić information content (AvgIpc) is 1.57. The van der Waals surface area contributed by atoms with Gasteiger partial charge in [0.05, 0.1) is 111 Å². The number of ether oxygens (including phenoxy) is 8. The van der Waals surface area contributed by atoms with Gasteiger partial charge in [0.2, 0.25) is 55.4 Å². The van der Waals surface area contributed by atoms with E-state index in [0.717, 1.165) is 34.4 Å². The normalized spacial score (nSPS) is 30.3. The van der Waals surface area contributed by atoms with E-state index in [-0.39, 0.29) is 111 Å². The number of sulfonamides is 2. The topological polar surface area (TPSA) is 341 Å². The summed E-state index contributed by atoms with van der Waals surface area (Å²) in [6.45, 7) is 27.1. The van der Waals surface area contributed by atoms with E-state index in [1.54, 1.807) is 79.4 Å². The first-order chi connectivity index (χ1) is 56.6. The summed E-state index contributed by atoms with van der Waals surface area (Å²) in [6, 6.07) is 13.2. The number of allylic oxidation sites excluding steroid dienone is 4. The number of benzene rings is 2. The third-order valence-electron chi connectivity index (χ3n) is 26.4. The first kappa shape index (κ1) is 89.3. The minimum absolute atomic E-state index is 0.0404. The van der Waals surface area contributed by atoms with Crippen molar-refractivity contribution in [2.24, 2.45) is 58.2 Å². The number of fused-ring (bicyclic) bond motifs is 6.